The lowest BCUT2D eigenvalue weighted by atomic mass is 10.0. The zero-order valence-corrected chi connectivity index (χ0v) is 9.83. The van der Waals surface area contributed by atoms with Crippen molar-refractivity contribution in [2.24, 2.45) is 0 Å². The Morgan fingerprint density at radius 2 is 2.21 bits per heavy atom. The Morgan fingerprint density at radius 1 is 1.57 bits per heavy atom. The van der Waals surface area contributed by atoms with Gasteiger partial charge in [-0.05, 0) is 38.7 Å². The molecule has 0 bridgehead atoms. The summed E-state index contributed by atoms with van der Waals surface area (Å²) in [5, 5.41) is 13.2. The number of anilines is 1. The lowest BCUT2D eigenvalue weighted by Crippen LogP contribution is -2.29. The molecule has 1 heterocycles. The molecule has 1 aromatic heterocycles. The van der Waals surface area contributed by atoms with Gasteiger partial charge in [0.1, 0.15) is 16.6 Å². The Morgan fingerprint density at radius 3 is 2.71 bits per heavy atom. The Balaban J connectivity index is 2.93. The molecule has 0 aliphatic rings. The van der Waals surface area contributed by atoms with E-state index in [1.54, 1.807) is 0 Å². The molecule has 14 heavy (non-hydrogen) atoms. The third-order valence-electron chi connectivity index (χ3n) is 2.31. The first kappa shape index (κ1) is 11.0. The van der Waals surface area contributed by atoms with Crippen LogP contribution >= 0.6 is 11.5 Å². The van der Waals surface area contributed by atoms with Gasteiger partial charge in [0.2, 0.25) is 0 Å². The lowest BCUT2D eigenvalue weighted by molar-refractivity contribution is 0.549. The molecule has 1 aromatic rings. The molecule has 0 spiro atoms. The number of aryl methyl sites for hydroxylation is 1. The van der Waals surface area contributed by atoms with E-state index in [2.05, 4.69) is 36.5 Å². The van der Waals surface area contributed by atoms with Crippen molar-refractivity contribution in [1.29, 1.82) is 5.26 Å². The number of hydrogen-bond donors (Lipinski definition) is 1. The van der Waals surface area contributed by atoms with Crippen LogP contribution in [0.25, 0.3) is 0 Å². The molecular weight excluding hydrogens is 194 g/mol. The molecule has 3 nitrogen and oxygen atoms in total. The third-order valence-corrected chi connectivity index (χ3v) is 3.16. The molecule has 0 radical (unpaired) electrons. The summed E-state index contributed by atoms with van der Waals surface area (Å²) in [6.45, 7) is 8.21. The normalized spacial score (nSPS) is 11.1. The summed E-state index contributed by atoms with van der Waals surface area (Å²) in [7, 11) is 0. The molecule has 1 rings (SSSR count). The van der Waals surface area contributed by atoms with Gasteiger partial charge >= 0.3 is 0 Å². The number of nitrogens with zero attached hydrogens (tertiary/aromatic N) is 2. The van der Waals surface area contributed by atoms with Crippen LogP contribution in [0.1, 0.15) is 38.4 Å². The van der Waals surface area contributed by atoms with Crippen molar-refractivity contribution >= 4 is 16.5 Å². The second-order valence-corrected chi connectivity index (χ2v) is 4.72. The average Bonchev–Trinajstić information content (AvgIpc) is 2.46. The maximum absolute atomic E-state index is 8.93. The second-order valence-electron chi connectivity index (χ2n) is 3.95. The summed E-state index contributed by atoms with van der Waals surface area (Å²) in [4.78, 5) is 0. The standard InChI is InChI=1S/C10H15N3S/c1-5-10(3,4)12-9-8(6-11)7(2)13-14-9/h12H,5H2,1-4H3. The molecule has 0 aliphatic carbocycles. The zero-order valence-electron chi connectivity index (χ0n) is 9.01. The second kappa shape index (κ2) is 3.97. The molecular formula is C10H15N3S. The maximum Gasteiger partial charge on any atom is 0.128 e. The number of hydrogen-bond acceptors (Lipinski definition) is 4. The topological polar surface area (TPSA) is 48.7 Å². The van der Waals surface area contributed by atoms with Crippen LogP contribution in [0.4, 0.5) is 5.00 Å². The monoisotopic (exact) mass is 209 g/mol. The molecule has 0 aromatic carbocycles. The predicted octanol–water partition coefficient (Wildman–Crippen LogP) is 2.92. The molecule has 0 amide bonds. The summed E-state index contributed by atoms with van der Waals surface area (Å²) in [5.74, 6) is 0. The van der Waals surface area contributed by atoms with Gasteiger partial charge in [0.05, 0.1) is 5.69 Å². The van der Waals surface area contributed by atoms with Crippen LogP contribution < -0.4 is 5.32 Å². The largest absolute Gasteiger partial charge is 0.370 e. The van der Waals surface area contributed by atoms with Crippen molar-refractivity contribution in [3.63, 3.8) is 0 Å². The van der Waals surface area contributed by atoms with Crippen molar-refractivity contribution in [2.75, 3.05) is 5.32 Å². The van der Waals surface area contributed by atoms with Crippen molar-refractivity contribution in [2.45, 2.75) is 39.7 Å². The van der Waals surface area contributed by atoms with Gasteiger partial charge in [-0.25, -0.2) is 0 Å². The fourth-order valence-electron chi connectivity index (χ4n) is 0.982. The van der Waals surface area contributed by atoms with E-state index in [4.69, 9.17) is 5.26 Å². The van der Waals surface area contributed by atoms with Crippen LogP contribution in [0.3, 0.4) is 0 Å². The highest BCUT2D eigenvalue weighted by atomic mass is 32.1. The summed E-state index contributed by atoms with van der Waals surface area (Å²) in [6.07, 6.45) is 1.01. The Bertz CT molecular complexity index is 360. The van der Waals surface area contributed by atoms with E-state index in [1.165, 1.54) is 11.5 Å². The Labute approximate surface area is 88.9 Å². The first-order chi connectivity index (χ1) is 6.50. The van der Waals surface area contributed by atoms with Crippen LogP contribution in [-0.4, -0.2) is 9.91 Å². The van der Waals surface area contributed by atoms with Crippen molar-refractivity contribution < 1.29 is 0 Å². The molecule has 0 saturated heterocycles. The van der Waals surface area contributed by atoms with E-state index < -0.39 is 0 Å². The van der Waals surface area contributed by atoms with E-state index in [1.807, 2.05) is 6.92 Å². The highest BCUT2D eigenvalue weighted by Gasteiger charge is 2.19. The first-order valence-corrected chi connectivity index (χ1v) is 5.42. The van der Waals surface area contributed by atoms with Crippen LogP contribution in [0, 0.1) is 18.3 Å². The van der Waals surface area contributed by atoms with Crippen LogP contribution in [0.2, 0.25) is 0 Å². The molecule has 4 heteroatoms. The first-order valence-electron chi connectivity index (χ1n) is 4.64. The number of rotatable bonds is 3. The smallest absolute Gasteiger partial charge is 0.128 e. The van der Waals surface area contributed by atoms with E-state index in [-0.39, 0.29) is 5.54 Å². The van der Waals surface area contributed by atoms with Gasteiger partial charge in [-0.1, -0.05) is 6.92 Å². The molecule has 0 atom stereocenters. The van der Waals surface area contributed by atoms with E-state index in [0.29, 0.717) is 5.56 Å². The lowest BCUT2D eigenvalue weighted by Gasteiger charge is -2.24. The fraction of sp³-hybridized carbons (Fsp3) is 0.600. The molecule has 0 fully saturated rings. The van der Waals surface area contributed by atoms with Gasteiger partial charge in [0.25, 0.3) is 0 Å². The van der Waals surface area contributed by atoms with Gasteiger partial charge in [-0.15, -0.1) is 0 Å². The van der Waals surface area contributed by atoms with E-state index >= 15 is 0 Å². The minimum atomic E-state index is 0.0184. The number of nitriles is 1. The molecule has 0 saturated carbocycles. The maximum atomic E-state index is 8.93. The minimum absolute atomic E-state index is 0.0184. The Hall–Kier alpha value is -1.08. The summed E-state index contributed by atoms with van der Waals surface area (Å²) < 4.78 is 4.16. The van der Waals surface area contributed by atoms with Crippen molar-refractivity contribution in [1.82, 2.24) is 4.37 Å². The van der Waals surface area contributed by atoms with Gasteiger partial charge in [-0.3, -0.25) is 0 Å². The Kier molecular flexibility index (Phi) is 3.12. The molecule has 0 aliphatic heterocycles. The zero-order chi connectivity index (χ0) is 10.8. The minimum Gasteiger partial charge on any atom is -0.370 e. The fourth-order valence-corrected chi connectivity index (χ4v) is 1.91. The summed E-state index contributed by atoms with van der Waals surface area (Å²) in [6, 6.07) is 2.18. The van der Waals surface area contributed by atoms with E-state index in [9.17, 15) is 0 Å². The van der Waals surface area contributed by atoms with Gasteiger partial charge in [0.15, 0.2) is 0 Å². The van der Waals surface area contributed by atoms with Crippen LogP contribution in [0.15, 0.2) is 0 Å². The summed E-state index contributed by atoms with van der Waals surface area (Å²) in [5.41, 5.74) is 1.51. The summed E-state index contributed by atoms with van der Waals surface area (Å²) >= 11 is 1.36. The molecule has 0 unspecified atom stereocenters. The van der Waals surface area contributed by atoms with Crippen molar-refractivity contribution in [3.05, 3.63) is 11.3 Å². The average molecular weight is 209 g/mol. The predicted molar refractivity (Wildman–Crippen MR) is 59.6 cm³/mol. The quantitative estimate of drug-likeness (QED) is 0.832. The van der Waals surface area contributed by atoms with Gasteiger partial charge in [-0.2, -0.15) is 9.64 Å². The van der Waals surface area contributed by atoms with E-state index in [0.717, 1.165) is 17.1 Å². The van der Waals surface area contributed by atoms with Gasteiger partial charge < -0.3 is 5.32 Å². The SMILES string of the molecule is CCC(C)(C)Nc1snc(C)c1C#N. The number of aromatic nitrogens is 1. The molecule has 76 valence electrons. The highest BCUT2D eigenvalue weighted by Crippen LogP contribution is 2.27. The molecule has 1 N–H and O–H groups in total. The van der Waals surface area contributed by atoms with Gasteiger partial charge in [0, 0.05) is 5.54 Å². The van der Waals surface area contributed by atoms with Crippen LogP contribution in [0.5, 0.6) is 0 Å². The number of nitrogens with one attached hydrogen (secondary N) is 1. The van der Waals surface area contributed by atoms with Crippen molar-refractivity contribution in [3.8, 4) is 6.07 Å². The third kappa shape index (κ3) is 2.24. The highest BCUT2D eigenvalue weighted by molar-refractivity contribution is 7.10. The van der Waals surface area contributed by atoms with Crippen LogP contribution in [-0.2, 0) is 0 Å².